The minimum atomic E-state index is 0.0319. The minimum Gasteiger partial charge on any atom is -0.309 e. The van der Waals surface area contributed by atoms with Crippen molar-refractivity contribution >= 4 is 33.4 Å². The number of benzene rings is 8. The maximum atomic E-state index is 14.3. The number of para-hydroxylation sites is 3. The van der Waals surface area contributed by atoms with Gasteiger partial charge >= 0.3 is 0 Å². The summed E-state index contributed by atoms with van der Waals surface area (Å²) in [5, 5.41) is 2.39. The SMILES string of the molecule is O=C1c2ccccc2-c2cccc(-c3ccc(-c4ccccc4-n4c5ccccc5c5ccccc54)c(-c4cccc5c4C(=O)c4ccccc4-5)c3)c21. The lowest BCUT2D eigenvalue weighted by Crippen LogP contribution is -2.02. The van der Waals surface area contributed by atoms with E-state index in [1.807, 2.05) is 66.7 Å². The average Bonchev–Trinajstić information content (AvgIpc) is 3.83. The van der Waals surface area contributed by atoms with Crippen molar-refractivity contribution in [2.45, 2.75) is 0 Å². The topological polar surface area (TPSA) is 39.1 Å². The van der Waals surface area contributed by atoms with Crippen molar-refractivity contribution in [3.8, 4) is 61.3 Å². The lowest BCUT2D eigenvalue weighted by molar-refractivity contribution is 0.103. The molecule has 0 saturated heterocycles. The normalized spacial score (nSPS) is 12.6. The van der Waals surface area contributed by atoms with Gasteiger partial charge < -0.3 is 4.57 Å². The van der Waals surface area contributed by atoms with Gasteiger partial charge in [0.1, 0.15) is 0 Å². The molecule has 8 aromatic carbocycles. The van der Waals surface area contributed by atoms with Gasteiger partial charge in [-0.2, -0.15) is 0 Å². The monoisotopic (exact) mass is 675 g/mol. The lowest BCUT2D eigenvalue weighted by atomic mass is 9.86. The Morgan fingerprint density at radius 2 is 0.717 bits per heavy atom. The first-order chi connectivity index (χ1) is 26.2. The van der Waals surface area contributed by atoms with Gasteiger partial charge in [0, 0.05) is 38.6 Å². The molecule has 0 radical (unpaired) electrons. The highest BCUT2D eigenvalue weighted by atomic mass is 16.1. The Balaban J connectivity index is 1.20. The van der Waals surface area contributed by atoms with E-state index in [1.165, 1.54) is 10.8 Å². The van der Waals surface area contributed by atoms with Crippen molar-refractivity contribution in [1.29, 1.82) is 0 Å². The second-order valence-corrected chi connectivity index (χ2v) is 13.9. The van der Waals surface area contributed by atoms with Gasteiger partial charge in [-0.15, -0.1) is 0 Å². The molecule has 9 aromatic rings. The van der Waals surface area contributed by atoms with Crippen LogP contribution in [0.3, 0.4) is 0 Å². The predicted molar refractivity (Wildman–Crippen MR) is 215 cm³/mol. The Hall–Kier alpha value is -7.10. The van der Waals surface area contributed by atoms with Gasteiger partial charge in [0.2, 0.25) is 0 Å². The summed E-state index contributed by atoms with van der Waals surface area (Å²) in [6.45, 7) is 0. The highest BCUT2D eigenvalue weighted by molar-refractivity contribution is 6.26. The van der Waals surface area contributed by atoms with Crippen molar-refractivity contribution in [3.63, 3.8) is 0 Å². The largest absolute Gasteiger partial charge is 0.309 e. The Bertz CT molecular complexity index is 3000. The first kappa shape index (κ1) is 29.6. The van der Waals surface area contributed by atoms with E-state index >= 15 is 0 Å². The molecule has 0 saturated carbocycles. The third kappa shape index (κ3) is 4.16. The van der Waals surface area contributed by atoms with Crippen LogP contribution in [-0.2, 0) is 0 Å². The summed E-state index contributed by atoms with van der Waals surface area (Å²) in [6.07, 6.45) is 0. The molecule has 0 atom stereocenters. The number of carbonyl (C=O) groups is 2. The van der Waals surface area contributed by atoms with Gasteiger partial charge in [0.25, 0.3) is 0 Å². The third-order valence-electron chi connectivity index (χ3n) is 11.1. The van der Waals surface area contributed by atoms with Crippen LogP contribution in [0.1, 0.15) is 31.8 Å². The number of hydrogen-bond donors (Lipinski definition) is 0. The van der Waals surface area contributed by atoms with E-state index in [-0.39, 0.29) is 11.6 Å². The second-order valence-electron chi connectivity index (χ2n) is 13.9. The second kappa shape index (κ2) is 11.2. The highest BCUT2D eigenvalue weighted by Gasteiger charge is 2.32. The molecular formula is C50H29NO2. The first-order valence-electron chi connectivity index (χ1n) is 17.9. The summed E-state index contributed by atoms with van der Waals surface area (Å²) in [5.41, 5.74) is 15.7. The van der Waals surface area contributed by atoms with Crippen LogP contribution in [-0.4, -0.2) is 16.1 Å². The van der Waals surface area contributed by atoms with E-state index in [0.29, 0.717) is 5.56 Å². The van der Waals surface area contributed by atoms with Crippen molar-refractivity contribution < 1.29 is 9.59 Å². The Labute approximate surface area is 306 Å². The van der Waals surface area contributed by atoms with Crippen LogP contribution in [0, 0.1) is 0 Å². The van der Waals surface area contributed by atoms with Crippen molar-refractivity contribution in [1.82, 2.24) is 4.57 Å². The molecule has 1 aromatic heterocycles. The fraction of sp³-hybridized carbons (Fsp3) is 0. The van der Waals surface area contributed by atoms with Gasteiger partial charge in [-0.3, -0.25) is 9.59 Å². The summed E-state index contributed by atoms with van der Waals surface area (Å²) in [4.78, 5) is 28.3. The minimum absolute atomic E-state index is 0.0319. The molecule has 0 aliphatic heterocycles. The predicted octanol–water partition coefficient (Wildman–Crippen LogP) is 12.2. The van der Waals surface area contributed by atoms with E-state index < -0.39 is 0 Å². The molecule has 0 bridgehead atoms. The quantitative estimate of drug-likeness (QED) is 0.186. The fourth-order valence-electron chi connectivity index (χ4n) is 8.86. The molecule has 1 heterocycles. The maximum Gasteiger partial charge on any atom is 0.194 e. The maximum absolute atomic E-state index is 14.3. The molecular weight excluding hydrogens is 647 g/mol. The molecule has 246 valence electrons. The van der Waals surface area contributed by atoms with Crippen LogP contribution in [0.5, 0.6) is 0 Å². The summed E-state index contributed by atoms with van der Waals surface area (Å²) in [6, 6.07) is 60.2. The number of nitrogens with zero attached hydrogens (tertiary/aromatic N) is 1. The number of ketones is 2. The lowest BCUT2D eigenvalue weighted by Gasteiger charge is -2.20. The van der Waals surface area contributed by atoms with E-state index in [4.69, 9.17) is 0 Å². The molecule has 0 spiro atoms. The Morgan fingerprint density at radius 3 is 1.32 bits per heavy atom. The van der Waals surface area contributed by atoms with E-state index in [2.05, 4.69) is 114 Å². The number of rotatable bonds is 4. The highest BCUT2D eigenvalue weighted by Crippen LogP contribution is 2.48. The molecule has 0 unspecified atom stereocenters. The van der Waals surface area contributed by atoms with Gasteiger partial charge in [0.05, 0.1) is 16.7 Å². The molecule has 0 fully saturated rings. The molecule has 53 heavy (non-hydrogen) atoms. The molecule has 2 aliphatic carbocycles. The molecule has 11 rings (SSSR count). The van der Waals surface area contributed by atoms with Crippen LogP contribution in [0.25, 0.3) is 83.1 Å². The van der Waals surface area contributed by atoms with Crippen LogP contribution in [0.15, 0.2) is 176 Å². The van der Waals surface area contributed by atoms with E-state index in [1.54, 1.807) is 0 Å². The zero-order valence-corrected chi connectivity index (χ0v) is 28.5. The number of carbonyl (C=O) groups excluding carboxylic acids is 2. The van der Waals surface area contributed by atoms with Crippen LogP contribution >= 0.6 is 0 Å². The van der Waals surface area contributed by atoms with Crippen molar-refractivity contribution in [3.05, 3.63) is 198 Å². The van der Waals surface area contributed by atoms with Crippen LogP contribution < -0.4 is 0 Å². The Kier molecular flexibility index (Phi) is 6.26. The summed E-state index contributed by atoms with van der Waals surface area (Å²) >= 11 is 0. The van der Waals surface area contributed by atoms with Crippen molar-refractivity contribution in [2.24, 2.45) is 0 Å². The first-order valence-corrected chi connectivity index (χ1v) is 17.9. The molecule has 3 nitrogen and oxygen atoms in total. The standard InChI is InChI=1S/C50H29NO2/c52-49-41-18-3-1-13-32(41)38-21-11-20-31(47(38)49)30-27-28-34(43(29-30)40-23-12-22-39-33-14-2-4-19-42(33)50(53)48(39)40)35-15-5-8-24-44(35)51-45-25-9-6-16-36(45)37-17-7-10-26-46(37)51/h1-29H. The van der Waals surface area contributed by atoms with Gasteiger partial charge in [-0.1, -0.05) is 152 Å². The Morgan fingerprint density at radius 1 is 0.302 bits per heavy atom. The molecule has 3 heteroatoms. The molecule has 0 amide bonds. The number of aromatic nitrogens is 1. The van der Waals surface area contributed by atoms with E-state index in [0.717, 1.165) is 89.0 Å². The van der Waals surface area contributed by atoms with Gasteiger partial charge in [-0.05, 0) is 74.3 Å². The molecule has 2 aliphatic rings. The zero-order valence-electron chi connectivity index (χ0n) is 28.5. The van der Waals surface area contributed by atoms with Crippen molar-refractivity contribution in [2.75, 3.05) is 0 Å². The smallest absolute Gasteiger partial charge is 0.194 e. The van der Waals surface area contributed by atoms with E-state index in [9.17, 15) is 9.59 Å². The van der Waals surface area contributed by atoms with Gasteiger partial charge in [-0.25, -0.2) is 0 Å². The number of fused-ring (bicyclic) bond motifs is 9. The van der Waals surface area contributed by atoms with Crippen LogP contribution in [0.2, 0.25) is 0 Å². The summed E-state index contributed by atoms with van der Waals surface area (Å²) in [7, 11) is 0. The average molecular weight is 676 g/mol. The molecule has 0 N–H and O–H groups in total. The number of hydrogen-bond acceptors (Lipinski definition) is 2. The zero-order chi connectivity index (χ0) is 35.2. The fourth-order valence-corrected chi connectivity index (χ4v) is 8.86. The summed E-state index contributed by atoms with van der Waals surface area (Å²) < 4.78 is 2.36. The van der Waals surface area contributed by atoms with Gasteiger partial charge in [0.15, 0.2) is 11.6 Å². The summed E-state index contributed by atoms with van der Waals surface area (Å²) in [5.74, 6) is 0.0734. The van der Waals surface area contributed by atoms with Crippen LogP contribution in [0.4, 0.5) is 0 Å². The third-order valence-corrected chi connectivity index (χ3v) is 11.1.